The summed E-state index contributed by atoms with van der Waals surface area (Å²) in [5.41, 5.74) is 1.77. The first kappa shape index (κ1) is 18.5. The zero-order valence-electron chi connectivity index (χ0n) is 14.1. The zero-order valence-corrected chi connectivity index (χ0v) is 14.1. The Morgan fingerprint density at radius 2 is 1.72 bits per heavy atom. The summed E-state index contributed by atoms with van der Waals surface area (Å²) in [7, 11) is 1.69. The Labute approximate surface area is 146 Å². The van der Waals surface area contributed by atoms with Crippen molar-refractivity contribution < 1.29 is 24.2 Å². The molecule has 0 aromatic heterocycles. The summed E-state index contributed by atoms with van der Waals surface area (Å²) in [6.45, 7) is 0.429. The number of carbonyl (C=O) groups excluding carboxylic acids is 1. The summed E-state index contributed by atoms with van der Waals surface area (Å²) < 4.78 is 10.6. The van der Waals surface area contributed by atoms with Crippen molar-refractivity contribution in [1.29, 1.82) is 0 Å². The van der Waals surface area contributed by atoms with Crippen molar-refractivity contribution in [2.45, 2.75) is 13.0 Å². The molecule has 25 heavy (non-hydrogen) atoms. The van der Waals surface area contributed by atoms with Crippen molar-refractivity contribution in [2.75, 3.05) is 25.2 Å². The van der Waals surface area contributed by atoms with Crippen LogP contribution in [-0.2, 0) is 20.9 Å². The molecule has 6 nitrogen and oxygen atoms in total. The highest BCUT2D eigenvalue weighted by Crippen LogP contribution is 2.19. The normalized spacial score (nSPS) is 10.3. The van der Waals surface area contributed by atoms with Crippen LogP contribution in [0.4, 0.5) is 5.69 Å². The van der Waals surface area contributed by atoms with Crippen LogP contribution >= 0.6 is 0 Å². The van der Waals surface area contributed by atoms with Crippen molar-refractivity contribution in [3.63, 3.8) is 0 Å². The quantitative estimate of drug-likeness (QED) is 0.709. The minimum absolute atomic E-state index is 0.0627. The van der Waals surface area contributed by atoms with Crippen LogP contribution in [0.2, 0.25) is 0 Å². The summed E-state index contributed by atoms with van der Waals surface area (Å²) in [6, 6.07) is 16.5. The summed E-state index contributed by atoms with van der Waals surface area (Å²) >= 11 is 0. The fourth-order valence-corrected chi connectivity index (χ4v) is 2.15. The van der Waals surface area contributed by atoms with E-state index in [1.807, 2.05) is 30.3 Å². The van der Waals surface area contributed by atoms with Crippen LogP contribution in [0.5, 0.6) is 5.75 Å². The van der Waals surface area contributed by atoms with Gasteiger partial charge in [-0.25, -0.2) is 4.79 Å². The fourth-order valence-electron chi connectivity index (χ4n) is 2.15. The second-order valence-corrected chi connectivity index (χ2v) is 5.42. The molecule has 0 heterocycles. The van der Waals surface area contributed by atoms with E-state index in [4.69, 9.17) is 14.6 Å². The van der Waals surface area contributed by atoms with Gasteiger partial charge in [0.15, 0.2) is 6.61 Å². The van der Waals surface area contributed by atoms with Crippen LogP contribution in [-0.4, -0.2) is 37.2 Å². The maximum Gasteiger partial charge on any atom is 0.341 e. The smallest absolute Gasteiger partial charge is 0.341 e. The van der Waals surface area contributed by atoms with Crippen LogP contribution < -0.4 is 9.64 Å². The molecular weight excluding hydrogens is 322 g/mol. The van der Waals surface area contributed by atoms with Crippen LogP contribution in [0.15, 0.2) is 54.6 Å². The number of ether oxygens (including phenoxy) is 2. The van der Waals surface area contributed by atoms with Gasteiger partial charge in [-0.2, -0.15) is 0 Å². The number of rotatable bonds is 9. The summed E-state index contributed by atoms with van der Waals surface area (Å²) in [6.07, 6.45) is 0.278. The van der Waals surface area contributed by atoms with Gasteiger partial charge in [0.2, 0.25) is 5.91 Å². The molecule has 0 unspecified atom stereocenters. The Morgan fingerprint density at radius 1 is 1.04 bits per heavy atom. The standard InChI is InChI=1S/C19H21NO5/c1-20(16-7-9-17(10-8-16)25-14-19(22)23)18(21)11-12-24-13-15-5-3-2-4-6-15/h2-10H,11-14H2,1H3,(H,22,23). The predicted molar refractivity (Wildman–Crippen MR) is 93.7 cm³/mol. The van der Waals surface area contributed by atoms with Gasteiger partial charge < -0.3 is 19.5 Å². The van der Waals surface area contributed by atoms with E-state index in [1.165, 1.54) is 4.90 Å². The average molecular weight is 343 g/mol. The lowest BCUT2D eigenvalue weighted by molar-refractivity contribution is -0.139. The van der Waals surface area contributed by atoms with Gasteiger partial charge in [0.1, 0.15) is 5.75 Å². The van der Waals surface area contributed by atoms with Crippen molar-refractivity contribution in [1.82, 2.24) is 0 Å². The van der Waals surface area contributed by atoms with E-state index in [-0.39, 0.29) is 12.3 Å². The molecule has 2 aromatic rings. The van der Waals surface area contributed by atoms with Crippen LogP contribution in [0.1, 0.15) is 12.0 Å². The molecule has 2 aromatic carbocycles. The van der Waals surface area contributed by atoms with Gasteiger partial charge in [-0.05, 0) is 29.8 Å². The molecule has 6 heteroatoms. The minimum Gasteiger partial charge on any atom is -0.482 e. The van der Waals surface area contributed by atoms with Gasteiger partial charge in [-0.3, -0.25) is 4.79 Å². The predicted octanol–water partition coefficient (Wildman–Crippen LogP) is 2.72. The van der Waals surface area contributed by atoms with Gasteiger partial charge in [-0.15, -0.1) is 0 Å². The molecule has 0 radical (unpaired) electrons. The number of benzene rings is 2. The number of nitrogens with zero attached hydrogens (tertiary/aromatic N) is 1. The Bertz CT molecular complexity index is 685. The average Bonchev–Trinajstić information content (AvgIpc) is 2.64. The maximum atomic E-state index is 12.2. The number of hydrogen-bond donors (Lipinski definition) is 1. The molecule has 0 saturated carbocycles. The van der Waals surface area contributed by atoms with E-state index in [9.17, 15) is 9.59 Å². The van der Waals surface area contributed by atoms with Gasteiger partial charge in [-0.1, -0.05) is 30.3 Å². The molecule has 0 aliphatic carbocycles. The third-order valence-corrected chi connectivity index (χ3v) is 3.53. The molecule has 0 saturated heterocycles. The molecule has 0 aliphatic rings. The van der Waals surface area contributed by atoms with E-state index in [0.717, 1.165) is 5.56 Å². The molecule has 0 spiro atoms. The zero-order chi connectivity index (χ0) is 18.1. The van der Waals surface area contributed by atoms with Crippen molar-refractivity contribution in [2.24, 2.45) is 0 Å². The van der Waals surface area contributed by atoms with Crippen LogP contribution in [0.25, 0.3) is 0 Å². The Kier molecular flexibility index (Phi) is 6.98. The van der Waals surface area contributed by atoms with E-state index in [0.29, 0.717) is 24.7 Å². The number of amides is 1. The lowest BCUT2D eigenvalue weighted by Crippen LogP contribution is -2.27. The molecular formula is C19H21NO5. The fraction of sp³-hybridized carbons (Fsp3) is 0.263. The molecule has 0 bridgehead atoms. The third-order valence-electron chi connectivity index (χ3n) is 3.53. The van der Waals surface area contributed by atoms with Crippen molar-refractivity contribution in [3.05, 3.63) is 60.2 Å². The number of anilines is 1. The highest BCUT2D eigenvalue weighted by Gasteiger charge is 2.11. The third kappa shape index (κ3) is 6.27. The highest BCUT2D eigenvalue weighted by atomic mass is 16.5. The molecule has 0 aliphatic heterocycles. The number of aliphatic carboxylic acids is 1. The SMILES string of the molecule is CN(C(=O)CCOCc1ccccc1)c1ccc(OCC(=O)O)cc1. The summed E-state index contributed by atoms with van der Waals surface area (Å²) in [5.74, 6) is -0.655. The Hall–Kier alpha value is -2.86. The monoisotopic (exact) mass is 343 g/mol. The van der Waals surface area contributed by atoms with Gasteiger partial charge in [0, 0.05) is 12.7 Å². The van der Waals surface area contributed by atoms with Crippen LogP contribution in [0.3, 0.4) is 0 Å². The lowest BCUT2D eigenvalue weighted by atomic mass is 10.2. The van der Waals surface area contributed by atoms with E-state index in [1.54, 1.807) is 31.3 Å². The number of hydrogen-bond acceptors (Lipinski definition) is 4. The van der Waals surface area contributed by atoms with Gasteiger partial charge in [0.25, 0.3) is 0 Å². The summed E-state index contributed by atoms with van der Waals surface area (Å²) in [5, 5.41) is 8.58. The second kappa shape index (κ2) is 9.44. The van der Waals surface area contributed by atoms with E-state index >= 15 is 0 Å². The highest BCUT2D eigenvalue weighted by molar-refractivity contribution is 5.92. The van der Waals surface area contributed by atoms with E-state index < -0.39 is 12.6 Å². The number of carbonyl (C=O) groups is 2. The van der Waals surface area contributed by atoms with E-state index in [2.05, 4.69) is 0 Å². The molecule has 0 atom stereocenters. The maximum absolute atomic E-state index is 12.2. The van der Waals surface area contributed by atoms with Gasteiger partial charge in [0.05, 0.1) is 19.6 Å². The lowest BCUT2D eigenvalue weighted by Gasteiger charge is -2.17. The number of carboxylic acid groups (broad SMARTS) is 1. The molecule has 132 valence electrons. The van der Waals surface area contributed by atoms with Gasteiger partial charge >= 0.3 is 5.97 Å². The largest absolute Gasteiger partial charge is 0.482 e. The molecule has 2 rings (SSSR count). The second-order valence-electron chi connectivity index (χ2n) is 5.42. The number of carboxylic acids is 1. The first-order valence-electron chi connectivity index (χ1n) is 7.89. The Balaban J connectivity index is 1.76. The topological polar surface area (TPSA) is 76.1 Å². The minimum atomic E-state index is -1.04. The van der Waals surface area contributed by atoms with Crippen molar-refractivity contribution >= 4 is 17.6 Å². The van der Waals surface area contributed by atoms with Crippen molar-refractivity contribution in [3.8, 4) is 5.75 Å². The molecule has 1 amide bonds. The molecule has 1 N–H and O–H groups in total. The summed E-state index contributed by atoms with van der Waals surface area (Å²) in [4.78, 5) is 24.2. The Morgan fingerprint density at radius 3 is 2.36 bits per heavy atom. The first-order chi connectivity index (χ1) is 12.1. The first-order valence-corrected chi connectivity index (χ1v) is 7.89. The molecule has 0 fully saturated rings. The van der Waals surface area contributed by atoms with Crippen LogP contribution in [0, 0.1) is 0 Å².